The highest BCUT2D eigenvalue weighted by atomic mass is 19.4. The molecule has 0 unspecified atom stereocenters. The maximum Gasteiger partial charge on any atom is 0.471 e. The zero-order valence-electron chi connectivity index (χ0n) is 14.6. The lowest BCUT2D eigenvalue weighted by atomic mass is 10.0. The van der Waals surface area contributed by atoms with Crippen LogP contribution in [-0.2, 0) is 16.0 Å². The highest BCUT2D eigenvalue weighted by molar-refractivity contribution is 5.81. The molecule has 27 heavy (non-hydrogen) atoms. The second-order valence-electron chi connectivity index (χ2n) is 6.01. The Morgan fingerprint density at radius 2 is 1.81 bits per heavy atom. The second-order valence-corrected chi connectivity index (χ2v) is 6.01. The summed E-state index contributed by atoms with van der Waals surface area (Å²) in [6.45, 7) is -0.194. The summed E-state index contributed by atoms with van der Waals surface area (Å²) in [5.74, 6) is -3.14. The summed E-state index contributed by atoms with van der Waals surface area (Å²) in [6, 6.07) is 9.86. The number of amides is 1. The van der Waals surface area contributed by atoms with Crippen LogP contribution in [0.25, 0.3) is 0 Å². The zero-order chi connectivity index (χ0) is 20.3. The maximum absolute atomic E-state index is 12.0. The van der Waals surface area contributed by atoms with Gasteiger partial charge in [0, 0.05) is 6.54 Å². The average molecular weight is 385 g/mol. The van der Waals surface area contributed by atoms with Gasteiger partial charge in [-0.15, -0.1) is 0 Å². The molecule has 9 heteroatoms. The van der Waals surface area contributed by atoms with Crippen LogP contribution in [0.2, 0.25) is 0 Å². The van der Waals surface area contributed by atoms with Crippen molar-refractivity contribution in [1.82, 2.24) is 10.6 Å². The van der Waals surface area contributed by atoms with Crippen molar-refractivity contribution < 1.29 is 27.9 Å². The van der Waals surface area contributed by atoms with Crippen molar-refractivity contribution in [1.29, 1.82) is 5.26 Å². The average Bonchev–Trinajstić information content (AvgIpc) is 2.62. The minimum atomic E-state index is -4.93. The molecule has 3 N–H and O–H groups in total. The first-order valence-corrected chi connectivity index (χ1v) is 8.51. The molecule has 0 spiro atoms. The highest BCUT2D eigenvalue weighted by Gasteiger charge is 2.38. The Balaban J connectivity index is 2.38. The third-order valence-corrected chi connectivity index (χ3v) is 3.88. The van der Waals surface area contributed by atoms with Crippen molar-refractivity contribution in [2.45, 2.75) is 50.4 Å². The minimum Gasteiger partial charge on any atom is -0.480 e. The molecule has 0 aliphatic rings. The molecule has 0 radical (unpaired) electrons. The van der Waals surface area contributed by atoms with Gasteiger partial charge in [0.25, 0.3) is 0 Å². The van der Waals surface area contributed by atoms with E-state index < -0.39 is 30.1 Å². The number of hydrogen-bond acceptors (Lipinski definition) is 4. The molecule has 1 amide bonds. The number of aliphatic carboxylic acids is 1. The number of carboxylic acid groups (broad SMARTS) is 1. The van der Waals surface area contributed by atoms with Gasteiger partial charge in [0.15, 0.2) is 0 Å². The van der Waals surface area contributed by atoms with Crippen molar-refractivity contribution in [3.63, 3.8) is 0 Å². The van der Waals surface area contributed by atoms with E-state index in [4.69, 9.17) is 0 Å². The van der Waals surface area contributed by atoms with E-state index >= 15 is 0 Å². The van der Waals surface area contributed by atoms with Gasteiger partial charge in [-0.1, -0.05) is 30.3 Å². The van der Waals surface area contributed by atoms with Crippen LogP contribution in [-0.4, -0.2) is 41.8 Å². The fourth-order valence-electron chi connectivity index (χ4n) is 2.44. The number of nitriles is 1. The number of benzene rings is 1. The number of halogens is 3. The molecule has 1 aromatic carbocycles. The van der Waals surface area contributed by atoms with E-state index in [9.17, 15) is 33.1 Å². The summed E-state index contributed by atoms with van der Waals surface area (Å²) in [4.78, 5) is 22.0. The zero-order valence-corrected chi connectivity index (χ0v) is 14.6. The predicted octanol–water partition coefficient (Wildman–Crippen LogP) is 2.40. The summed E-state index contributed by atoms with van der Waals surface area (Å²) in [5, 5.41) is 23.0. The van der Waals surface area contributed by atoms with E-state index in [2.05, 4.69) is 5.32 Å². The third kappa shape index (κ3) is 9.06. The standard InChI is InChI=1S/C18H22F3N3O3/c19-18(20,21)17(27)23-11-5-4-8-15(16(25)26)24-14(12-22)10-9-13-6-2-1-3-7-13/h1-3,6-7,14-15,24H,4-5,8-11H2,(H,23,27)(H,25,26)/t14-,15-/m0/s1. The van der Waals surface area contributed by atoms with Gasteiger partial charge in [0.05, 0.1) is 12.1 Å². The van der Waals surface area contributed by atoms with Crippen LogP contribution in [0.15, 0.2) is 30.3 Å². The Morgan fingerprint density at radius 1 is 1.15 bits per heavy atom. The Morgan fingerprint density at radius 3 is 2.37 bits per heavy atom. The molecule has 1 rings (SSSR count). The van der Waals surface area contributed by atoms with Crippen molar-refractivity contribution in [3.8, 4) is 6.07 Å². The summed E-state index contributed by atoms with van der Waals surface area (Å²) in [6.07, 6.45) is -3.24. The van der Waals surface area contributed by atoms with E-state index in [0.717, 1.165) is 5.56 Å². The molecule has 0 saturated carbocycles. The highest BCUT2D eigenvalue weighted by Crippen LogP contribution is 2.14. The molecule has 0 heterocycles. The lowest BCUT2D eigenvalue weighted by Gasteiger charge is -2.18. The van der Waals surface area contributed by atoms with Crippen LogP contribution >= 0.6 is 0 Å². The van der Waals surface area contributed by atoms with Crippen molar-refractivity contribution in [2.75, 3.05) is 6.54 Å². The van der Waals surface area contributed by atoms with E-state index in [1.807, 2.05) is 36.4 Å². The molecule has 0 saturated heterocycles. The monoisotopic (exact) mass is 385 g/mol. The summed E-state index contributed by atoms with van der Waals surface area (Å²) >= 11 is 0. The Hall–Kier alpha value is -2.60. The van der Waals surface area contributed by atoms with E-state index in [1.54, 1.807) is 5.32 Å². The van der Waals surface area contributed by atoms with Crippen LogP contribution in [0.5, 0.6) is 0 Å². The predicted molar refractivity (Wildman–Crippen MR) is 91.6 cm³/mol. The topological polar surface area (TPSA) is 102 Å². The summed E-state index contributed by atoms with van der Waals surface area (Å²) in [7, 11) is 0. The number of carbonyl (C=O) groups is 2. The number of hydrogen-bond donors (Lipinski definition) is 3. The largest absolute Gasteiger partial charge is 0.480 e. The smallest absolute Gasteiger partial charge is 0.471 e. The SMILES string of the molecule is N#C[C@H](CCc1ccccc1)N[C@@H](CCCCNC(=O)C(F)(F)F)C(=O)O. The molecule has 0 fully saturated rings. The van der Waals surface area contributed by atoms with Crippen LogP contribution in [0.4, 0.5) is 13.2 Å². The van der Waals surface area contributed by atoms with Gasteiger partial charge in [0.2, 0.25) is 0 Å². The molecule has 0 bridgehead atoms. The van der Waals surface area contributed by atoms with E-state index in [-0.39, 0.29) is 19.4 Å². The molecule has 0 aliphatic heterocycles. The molecule has 1 aromatic rings. The fourth-order valence-corrected chi connectivity index (χ4v) is 2.44. The first-order valence-electron chi connectivity index (χ1n) is 8.51. The Kier molecular flexibility index (Phi) is 9.30. The second kappa shape index (κ2) is 11.2. The van der Waals surface area contributed by atoms with Crippen LogP contribution in [0.3, 0.4) is 0 Å². The number of nitrogens with zero attached hydrogens (tertiary/aromatic N) is 1. The lowest BCUT2D eigenvalue weighted by Crippen LogP contribution is -2.43. The van der Waals surface area contributed by atoms with Crippen LogP contribution in [0, 0.1) is 11.3 Å². The quantitative estimate of drug-likeness (QED) is 0.508. The molecular formula is C18H22F3N3O3. The number of rotatable bonds is 11. The lowest BCUT2D eigenvalue weighted by molar-refractivity contribution is -0.173. The van der Waals surface area contributed by atoms with Gasteiger partial charge in [-0.3, -0.25) is 14.9 Å². The number of carbonyl (C=O) groups excluding carboxylic acids is 1. The molecule has 0 aliphatic carbocycles. The molecule has 0 aromatic heterocycles. The van der Waals surface area contributed by atoms with Gasteiger partial charge in [-0.2, -0.15) is 18.4 Å². The molecular weight excluding hydrogens is 363 g/mol. The first kappa shape index (κ1) is 22.4. The van der Waals surface area contributed by atoms with Crippen LogP contribution < -0.4 is 10.6 Å². The van der Waals surface area contributed by atoms with Gasteiger partial charge < -0.3 is 10.4 Å². The molecule has 148 valence electrons. The number of aryl methyl sites for hydroxylation is 1. The van der Waals surface area contributed by atoms with E-state index in [0.29, 0.717) is 19.3 Å². The summed E-state index contributed by atoms with van der Waals surface area (Å²) in [5.41, 5.74) is 1.03. The van der Waals surface area contributed by atoms with Crippen molar-refractivity contribution in [3.05, 3.63) is 35.9 Å². The van der Waals surface area contributed by atoms with Crippen LogP contribution in [0.1, 0.15) is 31.2 Å². The van der Waals surface area contributed by atoms with Gasteiger partial charge in [-0.25, -0.2) is 0 Å². The summed E-state index contributed by atoms with van der Waals surface area (Å²) < 4.78 is 36.1. The first-order chi connectivity index (χ1) is 12.7. The van der Waals surface area contributed by atoms with Gasteiger partial charge in [0.1, 0.15) is 6.04 Å². The van der Waals surface area contributed by atoms with Gasteiger partial charge in [-0.05, 0) is 37.7 Å². The number of carboxylic acids is 1. The normalized spacial score (nSPS) is 13.4. The maximum atomic E-state index is 12.0. The van der Waals surface area contributed by atoms with Crippen molar-refractivity contribution >= 4 is 11.9 Å². The third-order valence-electron chi connectivity index (χ3n) is 3.88. The van der Waals surface area contributed by atoms with Crippen molar-refractivity contribution in [2.24, 2.45) is 0 Å². The Bertz CT molecular complexity index is 645. The molecule has 2 atom stereocenters. The number of unbranched alkanes of at least 4 members (excludes halogenated alkanes) is 1. The minimum absolute atomic E-state index is 0.140. The molecule has 6 nitrogen and oxygen atoms in total. The number of alkyl halides is 3. The number of nitrogens with one attached hydrogen (secondary N) is 2. The van der Waals surface area contributed by atoms with E-state index in [1.165, 1.54) is 0 Å². The Labute approximate surface area is 155 Å². The van der Waals surface area contributed by atoms with Gasteiger partial charge >= 0.3 is 18.1 Å². The fraction of sp³-hybridized carbons (Fsp3) is 0.500.